The van der Waals surface area contributed by atoms with Gasteiger partial charge in [-0.1, -0.05) is 13.8 Å². The van der Waals surface area contributed by atoms with Gasteiger partial charge in [0.1, 0.15) is 11.8 Å². The molecule has 86 valence electrons. The van der Waals surface area contributed by atoms with Crippen LogP contribution in [0.25, 0.3) is 0 Å². The van der Waals surface area contributed by atoms with Gasteiger partial charge in [-0.3, -0.25) is 4.79 Å². The first kappa shape index (κ1) is 13.7. The maximum Gasteiger partial charge on any atom is 0.345 e. The molecule has 0 aromatic carbocycles. The van der Waals surface area contributed by atoms with E-state index < -0.39 is 5.97 Å². The van der Waals surface area contributed by atoms with Crippen LogP contribution in [0.15, 0.2) is 11.8 Å². The average Bonchev–Trinajstić information content (AvgIpc) is 2.11. The number of esters is 1. The molecule has 0 radical (unpaired) electrons. The molecule has 15 heavy (non-hydrogen) atoms. The molecule has 0 N–H and O–H groups in total. The van der Waals surface area contributed by atoms with E-state index >= 15 is 0 Å². The molecular formula is C11H18O4. The molecule has 0 aliphatic rings. The number of hydrogen-bond donors (Lipinski definition) is 0. The number of carbonyl (C=O) groups is 2. The van der Waals surface area contributed by atoms with Gasteiger partial charge >= 0.3 is 5.97 Å². The molecule has 0 unspecified atom stereocenters. The maximum absolute atomic E-state index is 11.6. The molecule has 0 amide bonds. The molecule has 4 heteroatoms. The summed E-state index contributed by atoms with van der Waals surface area (Å²) in [7, 11) is 1.39. The van der Waals surface area contributed by atoms with Crippen molar-refractivity contribution in [3.63, 3.8) is 0 Å². The van der Waals surface area contributed by atoms with E-state index in [4.69, 9.17) is 9.47 Å². The second-order valence-corrected chi connectivity index (χ2v) is 3.74. The van der Waals surface area contributed by atoms with Crippen molar-refractivity contribution in [3.8, 4) is 0 Å². The van der Waals surface area contributed by atoms with Crippen molar-refractivity contribution >= 4 is 11.8 Å². The van der Waals surface area contributed by atoms with Crippen LogP contribution < -0.4 is 0 Å². The van der Waals surface area contributed by atoms with Crippen molar-refractivity contribution in [2.45, 2.75) is 33.8 Å². The number of ketones is 1. The SMILES string of the molecule is COC=C(C(=O)OC(C)C)C(=O)C(C)C. The van der Waals surface area contributed by atoms with E-state index in [0.29, 0.717) is 0 Å². The summed E-state index contributed by atoms with van der Waals surface area (Å²) < 4.78 is 9.62. The van der Waals surface area contributed by atoms with Gasteiger partial charge in [0.2, 0.25) is 0 Å². The molecule has 0 saturated carbocycles. The van der Waals surface area contributed by atoms with Gasteiger partial charge in [-0.05, 0) is 13.8 Å². The van der Waals surface area contributed by atoms with Crippen LogP contribution in [0.5, 0.6) is 0 Å². The molecule has 0 heterocycles. The Morgan fingerprint density at radius 2 is 1.67 bits per heavy atom. The van der Waals surface area contributed by atoms with Crippen LogP contribution in [-0.2, 0) is 19.1 Å². The zero-order valence-electron chi connectivity index (χ0n) is 9.87. The topological polar surface area (TPSA) is 52.6 Å². The number of ether oxygens (including phenoxy) is 2. The molecule has 0 aliphatic heterocycles. The normalized spacial score (nSPS) is 11.8. The zero-order valence-corrected chi connectivity index (χ0v) is 9.87. The van der Waals surface area contributed by atoms with E-state index in [1.54, 1.807) is 27.7 Å². The lowest BCUT2D eigenvalue weighted by molar-refractivity contribution is -0.144. The van der Waals surface area contributed by atoms with E-state index in [9.17, 15) is 9.59 Å². The minimum Gasteiger partial charge on any atom is -0.503 e. The Morgan fingerprint density at radius 1 is 1.13 bits per heavy atom. The lowest BCUT2D eigenvalue weighted by Crippen LogP contribution is -2.22. The van der Waals surface area contributed by atoms with Gasteiger partial charge in [0.25, 0.3) is 0 Å². The van der Waals surface area contributed by atoms with Crippen LogP contribution >= 0.6 is 0 Å². The third-order valence-electron chi connectivity index (χ3n) is 1.59. The maximum atomic E-state index is 11.6. The number of rotatable bonds is 5. The van der Waals surface area contributed by atoms with Crippen molar-refractivity contribution in [1.29, 1.82) is 0 Å². The summed E-state index contributed by atoms with van der Waals surface area (Å²) in [5, 5.41) is 0. The number of methoxy groups -OCH3 is 1. The lowest BCUT2D eigenvalue weighted by Gasteiger charge is -2.11. The van der Waals surface area contributed by atoms with E-state index in [2.05, 4.69) is 0 Å². The monoisotopic (exact) mass is 214 g/mol. The van der Waals surface area contributed by atoms with Gasteiger partial charge in [0, 0.05) is 5.92 Å². The fourth-order valence-electron chi connectivity index (χ4n) is 0.913. The highest BCUT2D eigenvalue weighted by atomic mass is 16.5. The molecule has 0 saturated heterocycles. The Hall–Kier alpha value is -1.32. The van der Waals surface area contributed by atoms with Crippen LogP contribution in [-0.4, -0.2) is 25.0 Å². The molecule has 0 atom stereocenters. The summed E-state index contributed by atoms with van der Waals surface area (Å²) in [6.07, 6.45) is 0.880. The summed E-state index contributed by atoms with van der Waals surface area (Å²) >= 11 is 0. The minimum absolute atomic E-state index is 0.0406. The van der Waals surface area contributed by atoms with Gasteiger partial charge in [0.05, 0.1) is 13.2 Å². The molecule has 4 nitrogen and oxygen atoms in total. The molecule has 0 aromatic rings. The van der Waals surface area contributed by atoms with Crippen LogP contribution in [0.3, 0.4) is 0 Å². The third-order valence-corrected chi connectivity index (χ3v) is 1.59. The summed E-state index contributed by atoms with van der Waals surface area (Å²) in [6.45, 7) is 6.88. The fraction of sp³-hybridized carbons (Fsp3) is 0.636. The Kier molecular flexibility index (Phi) is 5.67. The first-order valence-corrected chi connectivity index (χ1v) is 4.88. The molecule has 0 bridgehead atoms. The molecule has 0 aromatic heterocycles. The zero-order chi connectivity index (χ0) is 12.0. The Balaban J connectivity index is 4.76. The van der Waals surface area contributed by atoms with E-state index in [1.165, 1.54) is 7.11 Å². The van der Waals surface area contributed by atoms with Crippen LogP contribution in [0.4, 0.5) is 0 Å². The Morgan fingerprint density at radius 3 is 2.00 bits per heavy atom. The fourth-order valence-corrected chi connectivity index (χ4v) is 0.913. The highest BCUT2D eigenvalue weighted by Crippen LogP contribution is 2.09. The van der Waals surface area contributed by atoms with Gasteiger partial charge in [0.15, 0.2) is 5.78 Å². The summed E-state index contributed by atoms with van der Waals surface area (Å²) in [4.78, 5) is 23.1. The van der Waals surface area contributed by atoms with Gasteiger partial charge in [-0.25, -0.2) is 4.79 Å². The van der Waals surface area contributed by atoms with Crippen molar-refractivity contribution in [2.75, 3.05) is 7.11 Å². The van der Waals surface area contributed by atoms with E-state index in [-0.39, 0.29) is 23.4 Å². The van der Waals surface area contributed by atoms with Gasteiger partial charge in [-0.15, -0.1) is 0 Å². The van der Waals surface area contributed by atoms with Crippen LogP contribution in [0.1, 0.15) is 27.7 Å². The predicted octanol–water partition coefficient (Wildman–Crippen LogP) is 1.69. The first-order valence-electron chi connectivity index (χ1n) is 4.88. The summed E-state index contributed by atoms with van der Waals surface area (Å²) in [5.74, 6) is -1.17. The van der Waals surface area contributed by atoms with Gasteiger partial charge in [-0.2, -0.15) is 0 Å². The van der Waals surface area contributed by atoms with Crippen molar-refractivity contribution in [3.05, 3.63) is 11.8 Å². The minimum atomic E-state index is -0.634. The summed E-state index contributed by atoms with van der Waals surface area (Å²) in [6, 6.07) is 0. The highest BCUT2D eigenvalue weighted by molar-refractivity contribution is 6.17. The molecular weight excluding hydrogens is 196 g/mol. The van der Waals surface area contributed by atoms with Crippen molar-refractivity contribution in [1.82, 2.24) is 0 Å². The van der Waals surface area contributed by atoms with Crippen molar-refractivity contribution < 1.29 is 19.1 Å². The second kappa shape index (κ2) is 6.22. The summed E-state index contributed by atoms with van der Waals surface area (Å²) in [5.41, 5.74) is -0.0406. The third kappa shape index (κ3) is 4.63. The standard InChI is InChI=1S/C11H18O4/c1-7(2)10(12)9(6-14-5)11(13)15-8(3)4/h6-8H,1-5H3. The predicted molar refractivity (Wildman–Crippen MR) is 56.2 cm³/mol. The number of Topliss-reactive ketones (excluding diaryl/α,β-unsaturated/α-hetero) is 1. The number of hydrogen-bond acceptors (Lipinski definition) is 4. The second-order valence-electron chi connectivity index (χ2n) is 3.74. The van der Waals surface area contributed by atoms with E-state index in [1.807, 2.05) is 0 Å². The molecule has 0 fully saturated rings. The van der Waals surface area contributed by atoms with Gasteiger partial charge < -0.3 is 9.47 Å². The van der Waals surface area contributed by atoms with Crippen LogP contribution in [0.2, 0.25) is 0 Å². The molecule has 0 rings (SSSR count). The first-order chi connectivity index (χ1) is 6.90. The Labute approximate surface area is 90.2 Å². The quantitative estimate of drug-likeness (QED) is 0.230. The average molecular weight is 214 g/mol. The van der Waals surface area contributed by atoms with Crippen molar-refractivity contribution in [2.24, 2.45) is 5.92 Å². The largest absolute Gasteiger partial charge is 0.503 e. The molecule has 0 aliphatic carbocycles. The lowest BCUT2D eigenvalue weighted by atomic mass is 10.0. The Bertz CT molecular complexity index is 264. The van der Waals surface area contributed by atoms with E-state index in [0.717, 1.165) is 6.26 Å². The smallest absolute Gasteiger partial charge is 0.345 e. The highest BCUT2D eigenvalue weighted by Gasteiger charge is 2.23. The molecule has 0 spiro atoms. The number of carbonyl (C=O) groups excluding carboxylic acids is 2. The van der Waals surface area contributed by atoms with Crippen LogP contribution in [0, 0.1) is 5.92 Å².